The molecule has 1 saturated heterocycles. The molecule has 0 aromatic rings. The predicted molar refractivity (Wildman–Crippen MR) is 62.7 cm³/mol. The first-order chi connectivity index (χ1) is 6.94. The van der Waals surface area contributed by atoms with E-state index < -0.39 is 0 Å². The Morgan fingerprint density at radius 3 is 2.73 bits per heavy atom. The van der Waals surface area contributed by atoms with Gasteiger partial charge in [-0.3, -0.25) is 4.79 Å². The summed E-state index contributed by atoms with van der Waals surface area (Å²) in [5.41, 5.74) is 0.144. The highest BCUT2D eigenvalue weighted by Gasteiger charge is 2.26. The lowest BCUT2D eigenvalue weighted by atomic mass is 9.86. The van der Waals surface area contributed by atoms with Crippen LogP contribution in [0.2, 0.25) is 0 Å². The maximum Gasteiger partial charge on any atom is 0.223 e. The highest BCUT2D eigenvalue weighted by molar-refractivity contribution is 5.77. The number of piperazine rings is 1. The summed E-state index contributed by atoms with van der Waals surface area (Å²) in [5.74, 6) is 0.315. The van der Waals surface area contributed by atoms with Crippen molar-refractivity contribution in [1.82, 2.24) is 10.2 Å². The highest BCUT2D eigenvalue weighted by atomic mass is 16.2. The zero-order valence-corrected chi connectivity index (χ0v) is 10.5. The minimum absolute atomic E-state index is 0.144. The number of rotatable bonds is 3. The molecule has 3 nitrogen and oxygen atoms in total. The van der Waals surface area contributed by atoms with E-state index in [0.29, 0.717) is 18.4 Å². The zero-order chi connectivity index (χ0) is 11.5. The molecule has 1 amide bonds. The number of carbonyl (C=O) groups excluding carboxylic acids is 1. The van der Waals surface area contributed by atoms with Gasteiger partial charge in [-0.25, -0.2) is 0 Å². The zero-order valence-electron chi connectivity index (χ0n) is 10.5. The van der Waals surface area contributed by atoms with E-state index in [4.69, 9.17) is 0 Å². The van der Waals surface area contributed by atoms with Gasteiger partial charge in [0.25, 0.3) is 0 Å². The van der Waals surface area contributed by atoms with Gasteiger partial charge in [0.15, 0.2) is 0 Å². The van der Waals surface area contributed by atoms with Gasteiger partial charge >= 0.3 is 0 Å². The van der Waals surface area contributed by atoms with E-state index >= 15 is 0 Å². The Morgan fingerprint density at radius 1 is 1.53 bits per heavy atom. The van der Waals surface area contributed by atoms with Gasteiger partial charge in [0.1, 0.15) is 0 Å². The third-order valence-electron chi connectivity index (χ3n) is 3.31. The van der Waals surface area contributed by atoms with E-state index in [1.54, 1.807) is 0 Å². The number of nitrogens with one attached hydrogen (secondary N) is 1. The Balaban J connectivity index is 2.46. The summed E-state index contributed by atoms with van der Waals surface area (Å²) in [6.07, 6.45) is 1.73. The van der Waals surface area contributed by atoms with Crippen molar-refractivity contribution in [3.05, 3.63) is 0 Å². The molecule has 1 atom stereocenters. The fourth-order valence-corrected chi connectivity index (χ4v) is 1.81. The van der Waals surface area contributed by atoms with E-state index in [1.807, 2.05) is 4.90 Å². The summed E-state index contributed by atoms with van der Waals surface area (Å²) in [5, 5.41) is 3.35. The first-order valence-corrected chi connectivity index (χ1v) is 5.96. The van der Waals surface area contributed by atoms with Gasteiger partial charge in [0, 0.05) is 32.1 Å². The summed E-state index contributed by atoms with van der Waals surface area (Å²) in [4.78, 5) is 14.0. The van der Waals surface area contributed by atoms with Crippen LogP contribution < -0.4 is 5.32 Å². The number of carbonyl (C=O) groups is 1. The van der Waals surface area contributed by atoms with Gasteiger partial charge in [-0.2, -0.15) is 0 Å². The Morgan fingerprint density at radius 2 is 2.20 bits per heavy atom. The lowest BCUT2D eigenvalue weighted by molar-refractivity contribution is -0.134. The van der Waals surface area contributed by atoms with Gasteiger partial charge in [-0.15, -0.1) is 0 Å². The lowest BCUT2D eigenvalue weighted by Crippen LogP contribution is -2.51. The highest BCUT2D eigenvalue weighted by Crippen LogP contribution is 2.25. The van der Waals surface area contributed by atoms with Crippen molar-refractivity contribution in [2.75, 3.05) is 19.6 Å². The summed E-state index contributed by atoms with van der Waals surface area (Å²) in [6.45, 7) is 11.3. The summed E-state index contributed by atoms with van der Waals surface area (Å²) in [6, 6.07) is 0.437. The maximum atomic E-state index is 12.0. The molecule has 0 radical (unpaired) electrons. The first kappa shape index (κ1) is 12.5. The second kappa shape index (κ2) is 4.97. The normalized spacial score (nSPS) is 22.9. The Kier molecular flexibility index (Phi) is 4.14. The molecule has 0 spiro atoms. The summed E-state index contributed by atoms with van der Waals surface area (Å²) < 4.78 is 0. The predicted octanol–water partition coefficient (Wildman–Crippen LogP) is 1.63. The van der Waals surface area contributed by atoms with Crippen LogP contribution in [0.25, 0.3) is 0 Å². The van der Waals surface area contributed by atoms with Crippen LogP contribution in [0, 0.1) is 5.41 Å². The molecular weight excluding hydrogens is 188 g/mol. The van der Waals surface area contributed by atoms with Crippen molar-refractivity contribution in [2.24, 2.45) is 5.41 Å². The Hall–Kier alpha value is -0.570. The molecule has 1 aliphatic heterocycles. The van der Waals surface area contributed by atoms with Crippen LogP contribution in [0.5, 0.6) is 0 Å². The van der Waals surface area contributed by atoms with E-state index in [-0.39, 0.29) is 5.41 Å². The van der Waals surface area contributed by atoms with Crippen molar-refractivity contribution in [1.29, 1.82) is 0 Å². The molecule has 0 unspecified atom stereocenters. The number of hydrogen-bond donors (Lipinski definition) is 1. The maximum absolute atomic E-state index is 12.0. The molecule has 0 saturated carbocycles. The van der Waals surface area contributed by atoms with Crippen molar-refractivity contribution in [3.63, 3.8) is 0 Å². The van der Waals surface area contributed by atoms with E-state index in [9.17, 15) is 4.79 Å². The molecule has 15 heavy (non-hydrogen) atoms. The van der Waals surface area contributed by atoms with Gasteiger partial charge in [0.05, 0.1) is 0 Å². The molecule has 1 heterocycles. The van der Waals surface area contributed by atoms with Crippen molar-refractivity contribution < 1.29 is 4.79 Å². The van der Waals surface area contributed by atoms with Gasteiger partial charge in [-0.1, -0.05) is 27.2 Å². The van der Waals surface area contributed by atoms with Gasteiger partial charge in [-0.05, 0) is 12.3 Å². The van der Waals surface area contributed by atoms with Crippen LogP contribution in [-0.2, 0) is 4.79 Å². The molecule has 88 valence electrons. The van der Waals surface area contributed by atoms with Crippen LogP contribution in [0.1, 0.15) is 40.5 Å². The molecular formula is C12H24N2O. The van der Waals surface area contributed by atoms with E-state index in [1.165, 1.54) is 0 Å². The smallest absolute Gasteiger partial charge is 0.223 e. The number of amides is 1. The second-order valence-electron chi connectivity index (χ2n) is 5.39. The fraction of sp³-hybridized carbons (Fsp3) is 0.917. The van der Waals surface area contributed by atoms with Crippen molar-refractivity contribution >= 4 is 5.91 Å². The third kappa shape index (κ3) is 3.82. The quantitative estimate of drug-likeness (QED) is 0.771. The molecule has 1 rings (SSSR count). The molecule has 3 heteroatoms. The SMILES string of the molecule is CCC(C)(C)CC(=O)N1CCN[C@H](C)C1. The van der Waals surface area contributed by atoms with Gasteiger partial charge in [0.2, 0.25) is 5.91 Å². The van der Waals surface area contributed by atoms with E-state index in [2.05, 4.69) is 33.0 Å². The summed E-state index contributed by atoms with van der Waals surface area (Å²) >= 11 is 0. The van der Waals surface area contributed by atoms with E-state index in [0.717, 1.165) is 26.1 Å². The average Bonchev–Trinajstić information content (AvgIpc) is 2.17. The minimum atomic E-state index is 0.144. The Labute approximate surface area is 93.2 Å². The van der Waals surface area contributed by atoms with Crippen molar-refractivity contribution in [3.8, 4) is 0 Å². The monoisotopic (exact) mass is 212 g/mol. The third-order valence-corrected chi connectivity index (χ3v) is 3.31. The minimum Gasteiger partial charge on any atom is -0.340 e. The second-order valence-corrected chi connectivity index (χ2v) is 5.39. The molecule has 0 aromatic carbocycles. The van der Waals surface area contributed by atoms with Gasteiger partial charge < -0.3 is 10.2 Å². The molecule has 0 aliphatic carbocycles. The first-order valence-electron chi connectivity index (χ1n) is 5.96. The van der Waals surface area contributed by atoms with Crippen LogP contribution in [0.15, 0.2) is 0 Å². The molecule has 1 aliphatic rings. The number of hydrogen-bond acceptors (Lipinski definition) is 2. The van der Waals surface area contributed by atoms with Crippen molar-refractivity contribution in [2.45, 2.75) is 46.6 Å². The largest absolute Gasteiger partial charge is 0.340 e. The lowest BCUT2D eigenvalue weighted by Gasteiger charge is -2.34. The number of nitrogens with zero attached hydrogens (tertiary/aromatic N) is 1. The van der Waals surface area contributed by atoms with Crippen LogP contribution in [0.4, 0.5) is 0 Å². The summed E-state index contributed by atoms with van der Waals surface area (Å²) in [7, 11) is 0. The molecule has 1 N–H and O–H groups in total. The molecule has 0 bridgehead atoms. The molecule has 1 fully saturated rings. The fourth-order valence-electron chi connectivity index (χ4n) is 1.81. The standard InChI is InChI=1S/C12H24N2O/c1-5-12(3,4)8-11(15)14-7-6-13-10(2)9-14/h10,13H,5-9H2,1-4H3/t10-/m1/s1. The van der Waals surface area contributed by atoms with Crippen LogP contribution >= 0.6 is 0 Å². The van der Waals surface area contributed by atoms with Crippen LogP contribution in [0.3, 0.4) is 0 Å². The topological polar surface area (TPSA) is 32.3 Å². The van der Waals surface area contributed by atoms with Crippen LogP contribution in [-0.4, -0.2) is 36.5 Å². The Bertz CT molecular complexity index is 226. The molecule has 0 aromatic heterocycles. The average molecular weight is 212 g/mol.